The maximum absolute atomic E-state index is 13.6. The lowest BCUT2D eigenvalue weighted by atomic mass is 10.1. The van der Waals surface area contributed by atoms with Crippen LogP contribution < -0.4 is 14.8 Å². The highest BCUT2D eigenvalue weighted by Crippen LogP contribution is 2.45. The summed E-state index contributed by atoms with van der Waals surface area (Å²) >= 11 is 0. The zero-order chi connectivity index (χ0) is 29.4. The number of pyridine rings is 1. The Labute approximate surface area is 242 Å². The molecule has 3 aliphatic rings. The monoisotopic (exact) mass is 574 g/mol. The first kappa shape index (κ1) is 27.6. The Kier molecular flexibility index (Phi) is 7.21. The number of methoxy groups -OCH3 is 1. The summed E-state index contributed by atoms with van der Waals surface area (Å²) in [5.41, 5.74) is -1.35. The van der Waals surface area contributed by atoms with E-state index in [0.717, 1.165) is 30.0 Å². The number of hydrogen-bond donors (Lipinski definition) is 2. The largest absolute Gasteiger partial charge is 0.497 e. The number of carboxylic acid groups (broad SMARTS) is 1. The maximum Gasteiger partial charge on any atom is 0.330 e. The first-order chi connectivity index (χ1) is 20.3. The van der Waals surface area contributed by atoms with Crippen LogP contribution in [0.1, 0.15) is 32.1 Å². The minimum atomic E-state index is -1.35. The van der Waals surface area contributed by atoms with Crippen LogP contribution in [0.25, 0.3) is 16.6 Å². The van der Waals surface area contributed by atoms with Crippen LogP contribution in [0.5, 0.6) is 11.6 Å². The highest BCUT2D eigenvalue weighted by Gasteiger charge is 2.61. The summed E-state index contributed by atoms with van der Waals surface area (Å²) in [6.07, 6.45) is 9.71. The molecule has 4 heterocycles. The van der Waals surface area contributed by atoms with Crippen LogP contribution in [-0.2, 0) is 9.59 Å². The summed E-state index contributed by atoms with van der Waals surface area (Å²) in [4.78, 5) is 47.3. The molecule has 2 aromatic heterocycles. The second-order valence-corrected chi connectivity index (χ2v) is 11.2. The van der Waals surface area contributed by atoms with Gasteiger partial charge in [-0.2, -0.15) is 10.1 Å². The van der Waals surface area contributed by atoms with Crippen LogP contribution in [0.4, 0.5) is 4.79 Å². The number of rotatable bonds is 5. The van der Waals surface area contributed by atoms with E-state index in [1.807, 2.05) is 36.4 Å². The van der Waals surface area contributed by atoms with E-state index in [4.69, 9.17) is 14.5 Å². The van der Waals surface area contributed by atoms with Crippen molar-refractivity contribution in [1.29, 1.82) is 0 Å². The first-order valence-electron chi connectivity index (χ1n) is 14.2. The second-order valence-electron chi connectivity index (χ2n) is 11.2. The van der Waals surface area contributed by atoms with Crippen molar-refractivity contribution in [2.24, 2.45) is 5.92 Å². The summed E-state index contributed by atoms with van der Waals surface area (Å²) < 4.78 is 13.5. The number of ether oxygens (including phenoxy) is 2. The Balaban J connectivity index is 1.32. The van der Waals surface area contributed by atoms with E-state index >= 15 is 0 Å². The molecule has 1 aromatic carbocycles. The van der Waals surface area contributed by atoms with Crippen molar-refractivity contribution < 1.29 is 29.0 Å². The number of fused-ring (bicyclic) bond motifs is 3. The van der Waals surface area contributed by atoms with E-state index < -0.39 is 29.6 Å². The lowest BCUT2D eigenvalue weighted by Crippen LogP contribution is -2.54. The average molecular weight is 575 g/mol. The van der Waals surface area contributed by atoms with Crippen molar-refractivity contribution in [2.75, 3.05) is 27.2 Å². The normalized spacial score (nSPS) is 27.0. The molecule has 0 bridgehead atoms. The molecule has 3 amide bonds. The van der Waals surface area contributed by atoms with Crippen molar-refractivity contribution in [3.63, 3.8) is 0 Å². The zero-order valence-electron chi connectivity index (χ0n) is 23.6. The summed E-state index contributed by atoms with van der Waals surface area (Å²) in [7, 11) is 3.32. The Bertz CT molecular complexity index is 1540. The van der Waals surface area contributed by atoms with Crippen LogP contribution >= 0.6 is 0 Å². The predicted octanol–water partition coefficient (Wildman–Crippen LogP) is 3.00. The van der Waals surface area contributed by atoms with Gasteiger partial charge < -0.3 is 29.7 Å². The molecule has 0 spiro atoms. The number of amides is 3. The fraction of sp³-hybridized carbons (Fsp3) is 0.433. The number of aliphatic carboxylic acids is 1. The number of carboxylic acids is 1. The van der Waals surface area contributed by atoms with Gasteiger partial charge in [0, 0.05) is 43.7 Å². The van der Waals surface area contributed by atoms with Crippen LogP contribution in [0, 0.1) is 5.92 Å². The molecule has 42 heavy (non-hydrogen) atoms. The molecule has 1 aliphatic carbocycles. The third-order valence-corrected chi connectivity index (χ3v) is 8.37. The van der Waals surface area contributed by atoms with Gasteiger partial charge in [-0.15, -0.1) is 0 Å². The standard InChI is InChI=1S/C30H34N6O6/c1-34-12-6-4-3-5-8-20-17-30(20,28(38)39)33-26(37)24-16-22(18-35(24)29(34)40)42-27-23-10-9-21(41-2)14-19(23)15-25(32-27)36-13-7-11-31-36/h5,7-11,13-15,20,22,24H,3-4,6,12,16-18H2,1-2H3,(H,33,37)(H,38,39)/b8-5-/t20-,22-,24+,30-/m1/s1. The van der Waals surface area contributed by atoms with E-state index in [-0.39, 0.29) is 24.9 Å². The molecule has 2 aliphatic heterocycles. The number of allylic oxidation sites excluding steroid dienone is 1. The summed E-state index contributed by atoms with van der Waals surface area (Å²) in [5, 5.41) is 18.6. The molecule has 1 saturated heterocycles. The van der Waals surface area contributed by atoms with Gasteiger partial charge in [-0.25, -0.2) is 14.3 Å². The number of carbonyl (C=O) groups excluding carboxylic acids is 2. The molecule has 3 aromatic rings. The van der Waals surface area contributed by atoms with Gasteiger partial charge in [0.25, 0.3) is 0 Å². The average Bonchev–Trinajstić information content (AvgIpc) is 3.31. The maximum atomic E-state index is 13.6. The van der Waals surface area contributed by atoms with Gasteiger partial charge in [0.05, 0.1) is 13.7 Å². The third kappa shape index (κ3) is 5.12. The van der Waals surface area contributed by atoms with E-state index in [0.29, 0.717) is 30.4 Å². The molecule has 4 atom stereocenters. The molecule has 1 saturated carbocycles. The van der Waals surface area contributed by atoms with Gasteiger partial charge in [-0.05, 0) is 61.4 Å². The summed E-state index contributed by atoms with van der Waals surface area (Å²) in [6, 6.07) is 8.05. The molecule has 220 valence electrons. The number of benzene rings is 1. The Hall–Kier alpha value is -4.61. The van der Waals surface area contributed by atoms with Gasteiger partial charge in [0.2, 0.25) is 11.8 Å². The lowest BCUT2D eigenvalue weighted by Gasteiger charge is -2.29. The smallest absolute Gasteiger partial charge is 0.330 e. The van der Waals surface area contributed by atoms with Gasteiger partial charge in [0.15, 0.2) is 5.82 Å². The van der Waals surface area contributed by atoms with E-state index in [9.17, 15) is 19.5 Å². The molecule has 12 nitrogen and oxygen atoms in total. The van der Waals surface area contributed by atoms with Crippen LogP contribution in [0.3, 0.4) is 0 Å². The molecule has 0 unspecified atom stereocenters. The Morgan fingerprint density at radius 1 is 1.21 bits per heavy atom. The van der Waals surface area contributed by atoms with Crippen molar-refractivity contribution in [3.8, 4) is 17.4 Å². The molecule has 12 heteroatoms. The number of urea groups is 1. The van der Waals surface area contributed by atoms with Gasteiger partial charge >= 0.3 is 12.0 Å². The topological polar surface area (TPSA) is 139 Å². The van der Waals surface area contributed by atoms with Gasteiger partial charge in [0.1, 0.15) is 23.4 Å². The molecule has 6 rings (SSSR count). The molecular weight excluding hydrogens is 540 g/mol. The molecule has 2 fully saturated rings. The van der Waals surface area contributed by atoms with Crippen LogP contribution in [0.2, 0.25) is 0 Å². The molecule has 2 N–H and O–H groups in total. The molecule has 0 radical (unpaired) electrons. The third-order valence-electron chi connectivity index (χ3n) is 8.37. The zero-order valence-corrected chi connectivity index (χ0v) is 23.6. The number of nitrogens with zero attached hydrogens (tertiary/aromatic N) is 5. The van der Waals surface area contributed by atoms with E-state index in [1.165, 1.54) is 4.90 Å². The minimum absolute atomic E-state index is 0.149. The van der Waals surface area contributed by atoms with Crippen molar-refractivity contribution >= 4 is 28.7 Å². The van der Waals surface area contributed by atoms with Crippen molar-refractivity contribution in [1.82, 2.24) is 29.9 Å². The quantitative estimate of drug-likeness (QED) is 0.444. The van der Waals surface area contributed by atoms with Crippen LogP contribution in [0.15, 0.2) is 54.9 Å². The summed E-state index contributed by atoms with van der Waals surface area (Å²) in [5.74, 6) is -0.288. The predicted molar refractivity (Wildman–Crippen MR) is 153 cm³/mol. The summed E-state index contributed by atoms with van der Waals surface area (Å²) in [6.45, 7) is 0.696. The van der Waals surface area contributed by atoms with Crippen molar-refractivity contribution in [2.45, 2.75) is 49.8 Å². The highest BCUT2D eigenvalue weighted by atomic mass is 16.5. The Morgan fingerprint density at radius 3 is 2.83 bits per heavy atom. The second kappa shape index (κ2) is 11.0. The molecular formula is C30H34N6O6. The highest BCUT2D eigenvalue weighted by molar-refractivity contribution is 5.95. The SMILES string of the molecule is COc1ccc2c(O[C@@H]3C[C@H]4C(=O)N[C@]5(C(=O)O)C[C@H]5/C=C\CCCCN(C)C(=O)N4C3)nc(-n3cccn3)cc2c1. The van der Waals surface area contributed by atoms with E-state index in [1.54, 1.807) is 42.2 Å². The minimum Gasteiger partial charge on any atom is -0.497 e. The number of nitrogens with one attached hydrogen (secondary N) is 1. The number of hydrogen-bond acceptors (Lipinski definition) is 7. The Morgan fingerprint density at radius 2 is 2.07 bits per heavy atom. The van der Waals surface area contributed by atoms with Crippen molar-refractivity contribution in [3.05, 3.63) is 54.9 Å². The van der Waals surface area contributed by atoms with Gasteiger partial charge in [-0.1, -0.05) is 12.2 Å². The lowest BCUT2D eigenvalue weighted by molar-refractivity contribution is -0.144. The first-order valence-corrected chi connectivity index (χ1v) is 14.2. The van der Waals surface area contributed by atoms with Crippen LogP contribution in [-0.4, -0.2) is 92.5 Å². The number of aromatic nitrogens is 3. The van der Waals surface area contributed by atoms with Gasteiger partial charge in [-0.3, -0.25) is 4.79 Å². The fourth-order valence-corrected chi connectivity index (χ4v) is 5.88. The van der Waals surface area contributed by atoms with E-state index in [2.05, 4.69) is 10.4 Å². The fourth-order valence-electron chi connectivity index (χ4n) is 5.88. The number of carbonyl (C=O) groups is 3.